The zero-order chi connectivity index (χ0) is 18.5. The fourth-order valence-corrected chi connectivity index (χ4v) is 2.82. The van der Waals surface area contributed by atoms with E-state index in [1.807, 2.05) is 30.3 Å². The third kappa shape index (κ3) is 4.47. The molecule has 2 aromatic heterocycles. The molecule has 0 saturated carbocycles. The molecule has 26 heavy (non-hydrogen) atoms. The first-order chi connectivity index (χ1) is 12.5. The summed E-state index contributed by atoms with van der Waals surface area (Å²) in [6.07, 6.45) is 1.13. The molecule has 8 nitrogen and oxygen atoms in total. The molecule has 0 bridgehead atoms. The van der Waals surface area contributed by atoms with Gasteiger partial charge in [-0.25, -0.2) is 4.98 Å². The van der Waals surface area contributed by atoms with Crippen molar-refractivity contribution in [1.82, 2.24) is 24.9 Å². The van der Waals surface area contributed by atoms with Gasteiger partial charge in [0.25, 0.3) is 5.56 Å². The zero-order valence-electron chi connectivity index (χ0n) is 13.5. The van der Waals surface area contributed by atoms with E-state index in [0.717, 1.165) is 5.56 Å². The van der Waals surface area contributed by atoms with Crippen molar-refractivity contribution >= 4 is 35.1 Å². The van der Waals surface area contributed by atoms with Crippen LogP contribution in [0.2, 0.25) is 10.6 Å². The van der Waals surface area contributed by atoms with Crippen LogP contribution in [-0.4, -0.2) is 31.5 Å². The summed E-state index contributed by atoms with van der Waals surface area (Å²) in [6, 6.07) is 9.44. The van der Waals surface area contributed by atoms with Gasteiger partial charge in [-0.2, -0.15) is 15.0 Å². The molecule has 1 aromatic carbocycles. The Kier molecular flexibility index (Phi) is 5.65. The molecule has 3 aromatic rings. The Balaban J connectivity index is 1.73. The van der Waals surface area contributed by atoms with Crippen molar-refractivity contribution in [2.24, 2.45) is 0 Å². The fourth-order valence-electron chi connectivity index (χ4n) is 2.45. The highest BCUT2D eigenvalue weighted by molar-refractivity contribution is 6.31. The number of nitrogens with two attached hydrogens (primary N) is 1. The number of nitrogen functional groups attached to an aromatic ring is 1. The quantitative estimate of drug-likeness (QED) is 0.551. The summed E-state index contributed by atoms with van der Waals surface area (Å²) in [7, 11) is 0. The average molecular weight is 392 g/mol. The average Bonchev–Trinajstić information content (AvgIpc) is 2.59. The number of nitrogens with one attached hydrogen (secondary N) is 2. The summed E-state index contributed by atoms with van der Waals surface area (Å²) < 4.78 is 0. The number of nitrogens with zero attached hydrogens (tertiary/aromatic N) is 4. The van der Waals surface area contributed by atoms with E-state index in [1.165, 1.54) is 0 Å². The first-order valence-electron chi connectivity index (χ1n) is 7.78. The highest BCUT2D eigenvalue weighted by Crippen LogP contribution is 2.20. The van der Waals surface area contributed by atoms with Gasteiger partial charge in [0.1, 0.15) is 0 Å². The molecular formula is C16H15Cl2N7O. The Morgan fingerprint density at radius 3 is 2.42 bits per heavy atom. The van der Waals surface area contributed by atoms with Crippen molar-refractivity contribution < 1.29 is 0 Å². The van der Waals surface area contributed by atoms with Crippen LogP contribution < -0.4 is 16.6 Å². The number of H-pyrrole nitrogens is 1. The Hall–Kier alpha value is -2.71. The van der Waals surface area contributed by atoms with E-state index in [9.17, 15) is 4.79 Å². The Labute approximate surface area is 158 Å². The number of hydrogen-bond acceptors (Lipinski definition) is 7. The lowest BCUT2D eigenvalue weighted by Crippen LogP contribution is -2.19. The van der Waals surface area contributed by atoms with Crippen molar-refractivity contribution in [3.8, 4) is 11.3 Å². The van der Waals surface area contributed by atoms with E-state index in [1.54, 1.807) is 0 Å². The van der Waals surface area contributed by atoms with E-state index in [-0.39, 0.29) is 28.0 Å². The summed E-state index contributed by atoms with van der Waals surface area (Å²) in [6.45, 7) is 0.509. The van der Waals surface area contributed by atoms with Crippen LogP contribution in [-0.2, 0) is 6.42 Å². The van der Waals surface area contributed by atoms with Crippen LogP contribution in [0.1, 0.15) is 12.0 Å². The highest BCUT2D eigenvalue weighted by atomic mass is 35.5. The molecule has 0 radical (unpaired) electrons. The van der Waals surface area contributed by atoms with E-state index >= 15 is 0 Å². The van der Waals surface area contributed by atoms with Gasteiger partial charge in [-0.15, -0.1) is 0 Å². The van der Waals surface area contributed by atoms with Crippen molar-refractivity contribution in [1.29, 1.82) is 0 Å². The molecule has 0 aliphatic carbocycles. The maximum absolute atomic E-state index is 12.3. The molecule has 0 aliphatic heterocycles. The first-order valence-corrected chi connectivity index (χ1v) is 8.53. The molecule has 0 atom stereocenters. The van der Waals surface area contributed by atoms with Gasteiger partial charge in [0.15, 0.2) is 0 Å². The van der Waals surface area contributed by atoms with Gasteiger partial charge >= 0.3 is 0 Å². The summed E-state index contributed by atoms with van der Waals surface area (Å²) >= 11 is 11.5. The first kappa shape index (κ1) is 18.1. The van der Waals surface area contributed by atoms with Gasteiger partial charge in [-0.05, 0) is 36.0 Å². The third-order valence-electron chi connectivity index (χ3n) is 3.55. The number of rotatable bonds is 6. The molecular weight excluding hydrogens is 377 g/mol. The Bertz CT molecular complexity index is 942. The Morgan fingerprint density at radius 2 is 1.73 bits per heavy atom. The van der Waals surface area contributed by atoms with E-state index in [2.05, 4.69) is 30.2 Å². The van der Waals surface area contributed by atoms with E-state index in [4.69, 9.17) is 28.9 Å². The molecule has 134 valence electrons. The number of anilines is 2. The van der Waals surface area contributed by atoms with E-state index < -0.39 is 0 Å². The molecule has 2 heterocycles. The van der Waals surface area contributed by atoms with Gasteiger partial charge in [0.2, 0.25) is 22.5 Å². The topological polar surface area (TPSA) is 122 Å². The lowest BCUT2D eigenvalue weighted by Gasteiger charge is -2.09. The minimum Gasteiger partial charge on any atom is -0.369 e. The second-order valence-corrected chi connectivity index (χ2v) is 6.05. The molecule has 0 unspecified atom stereocenters. The summed E-state index contributed by atoms with van der Waals surface area (Å²) in [5, 5.41) is 3.02. The molecule has 0 amide bonds. The normalized spacial score (nSPS) is 10.7. The predicted molar refractivity (Wildman–Crippen MR) is 101 cm³/mol. The maximum atomic E-state index is 12.3. The molecule has 0 saturated heterocycles. The second kappa shape index (κ2) is 8.11. The van der Waals surface area contributed by atoms with Crippen LogP contribution in [0.5, 0.6) is 0 Å². The number of aromatic amines is 1. The predicted octanol–water partition coefficient (Wildman–Crippen LogP) is 2.56. The lowest BCUT2D eigenvalue weighted by atomic mass is 10.0. The standard InChI is InChI=1S/C16H15Cl2N7O/c17-13-23-14(18)25-16(24-13)20-8-4-7-10-11(9-5-2-1-3-6-9)21-15(19)22-12(10)26/h1-3,5-6H,4,7-8H2,(H3,19,21,22,26)(H,20,23,24,25). The van der Waals surface area contributed by atoms with Crippen LogP contribution in [0.3, 0.4) is 0 Å². The van der Waals surface area contributed by atoms with Crippen LogP contribution >= 0.6 is 23.2 Å². The number of benzene rings is 1. The smallest absolute Gasteiger partial charge is 0.256 e. The zero-order valence-corrected chi connectivity index (χ0v) is 15.1. The summed E-state index contributed by atoms with van der Waals surface area (Å²) in [5.41, 5.74) is 7.44. The van der Waals surface area contributed by atoms with Crippen molar-refractivity contribution in [3.05, 3.63) is 56.8 Å². The molecule has 10 heteroatoms. The van der Waals surface area contributed by atoms with Crippen molar-refractivity contribution in [3.63, 3.8) is 0 Å². The monoisotopic (exact) mass is 391 g/mol. The molecule has 3 rings (SSSR count). The highest BCUT2D eigenvalue weighted by Gasteiger charge is 2.12. The molecule has 0 aliphatic rings. The summed E-state index contributed by atoms with van der Waals surface area (Å²) in [5.74, 6) is 0.368. The lowest BCUT2D eigenvalue weighted by molar-refractivity contribution is 0.834. The van der Waals surface area contributed by atoms with Crippen molar-refractivity contribution in [2.45, 2.75) is 12.8 Å². The second-order valence-electron chi connectivity index (χ2n) is 5.37. The third-order valence-corrected chi connectivity index (χ3v) is 3.89. The Morgan fingerprint density at radius 1 is 1.04 bits per heavy atom. The number of hydrogen-bond donors (Lipinski definition) is 3. The van der Waals surface area contributed by atoms with Gasteiger partial charge in [0, 0.05) is 17.7 Å². The largest absolute Gasteiger partial charge is 0.369 e. The minimum absolute atomic E-state index is 0.0121. The van der Waals surface area contributed by atoms with Crippen LogP contribution in [0.15, 0.2) is 35.1 Å². The number of aromatic nitrogens is 5. The van der Waals surface area contributed by atoms with Crippen LogP contribution in [0.4, 0.5) is 11.9 Å². The summed E-state index contributed by atoms with van der Waals surface area (Å²) in [4.78, 5) is 30.7. The van der Waals surface area contributed by atoms with Gasteiger partial charge < -0.3 is 11.1 Å². The fraction of sp³-hybridized carbons (Fsp3) is 0.188. The maximum Gasteiger partial charge on any atom is 0.256 e. The van der Waals surface area contributed by atoms with Gasteiger partial charge in [-0.3, -0.25) is 9.78 Å². The van der Waals surface area contributed by atoms with Crippen molar-refractivity contribution in [2.75, 3.05) is 17.6 Å². The molecule has 0 fully saturated rings. The van der Waals surface area contributed by atoms with Gasteiger partial charge in [-0.1, -0.05) is 30.3 Å². The van der Waals surface area contributed by atoms with Crippen LogP contribution in [0, 0.1) is 0 Å². The number of halogens is 2. The molecule has 4 N–H and O–H groups in total. The van der Waals surface area contributed by atoms with Gasteiger partial charge in [0.05, 0.1) is 5.69 Å². The molecule has 0 spiro atoms. The SMILES string of the molecule is Nc1nc(-c2ccccc2)c(CCCNc2nc(Cl)nc(Cl)n2)c(=O)[nH]1. The van der Waals surface area contributed by atoms with Crippen LogP contribution in [0.25, 0.3) is 11.3 Å². The van der Waals surface area contributed by atoms with E-state index in [0.29, 0.717) is 30.6 Å². The minimum atomic E-state index is -0.248.